The molecule has 0 atom stereocenters. The van der Waals surface area contributed by atoms with E-state index in [2.05, 4.69) is 9.97 Å². The van der Waals surface area contributed by atoms with Crippen LogP contribution in [0.15, 0.2) is 6.33 Å². The maximum absolute atomic E-state index is 12.3. The van der Waals surface area contributed by atoms with Crippen LogP contribution in [0.3, 0.4) is 0 Å². The van der Waals surface area contributed by atoms with Crippen molar-refractivity contribution in [2.45, 2.75) is 13.1 Å². The highest BCUT2D eigenvalue weighted by Gasteiger charge is 2.34. The molecule has 0 fully saturated rings. The molecule has 10 heteroatoms. The fraction of sp³-hybridized carbons (Fsp3) is 0.500. The lowest BCUT2D eigenvalue weighted by Gasteiger charge is -2.22. The molecule has 0 aliphatic heterocycles. The first kappa shape index (κ1) is 13.9. The summed E-state index contributed by atoms with van der Waals surface area (Å²) in [6.45, 7) is -0.0225. The highest BCUT2D eigenvalue weighted by atomic mass is 19.4. The summed E-state index contributed by atoms with van der Waals surface area (Å²) >= 11 is 0. The van der Waals surface area contributed by atoms with Gasteiger partial charge in [0.2, 0.25) is 11.6 Å². The lowest BCUT2D eigenvalue weighted by Crippen LogP contribution is -2.35. The Morgan fingerprint density at radius 2 is 2.11 bits per heavy atom. The van der Waals surface area contributed by atoms with Gasteiger partial charge >= 0.3 is 11.9 Å². The van der Waals surface area contributed by atoms with Gasteiger partial charge in [0.05, 0.1) is 4.92 Å². The van der Waals surface area contributed by atoms with E-state index in [9.17, 15) is 23.3 Å². The van der Waals surface area contributed by atoms with Crippen LogP contribution in [0.1, 0.15) is 6.92 Å². The van der Waals surface area contributed by atoms with E-state index in [1.54, 1.807) is 0 Å². The zero-order valence-corrected chi connectivity index (χ0v) is 9.31. The van der Waals surface area contributed by atoms with Crippen LogP contribution in [0.5, 0.6) is 0 Å². The van der Waals surface area contributed by atoms with Crippen molar-refractivity contribution in [3.63, 3.8) is 0 Å². The van der Waals surface area contributed by atoms with Gasteiger partial charge < -0.3 is 10.6 Å². The number of aromatic nitrogens is 2. The van der Waals surface area contributed by atoms with Crippen molar-refractivity contribution in [2.24, 2.45) is 0 Å². The van der Waals surface area contributed by atoms with E-state index < -0.39 is 35.0 Å². The molecule has 1 heterocycles. The van der Waals surface area contributed by atoms with Gasteiger partial charge in [0.15, 0.2) is 0 Å². The van der Waals surface area contributed by atoms with Crippen molar-refractivity contribution in [1.29, 1.82) is 0 Å². The van der Waals surface area contributed by atoms with Gasteiger partial charge in [-0.1, -0.05) is 0 Å². The van der Waals surface area contributed by atoms with E-state index in [0.29, 0.717) is 0 Å². The second kappa shape index (κ2) is 5.02. The molecule has 0 bridgehead atoms. The highest BCUT2D eigenvalue weighted by molar-refractivity contribution is 5.68. The van der Waals surface area contributed by atoms with Crippen LogP contribution >= 0.6 is 0 Å². The summed E-state index contributed by atoms with van der Waals surface area (Å²) in [6, 6.07) is 0. The number of hydrogen-bond acceptors (Lipinski definition) is 6. The van der Waals surface area contributed by atoms with Crippen molar-refractivity contribution in [3.05, 3.63) is 16.4 Å². The SMILES string of the molecule is CCN(CC(F)(F)F)c1ncnc(N)c1[N+](=O)[O-]. The minimum atomic E-state index is -4.50. The number of hydrogen-bond donors (Lipinski definition) is 1. The van der Waals surface area contributed by atoms with Crippen molar-refractivity contribution >= 4 is 17.3 Å². The summed E-state index contributed by atoms with van der Waals surface area (Å²) < 4.78 is 37.0. The van der Waals surface area contributed by atoms with E-state index in [0.717, 1.165) is 11.2 Å². The largest absolute Gasteiger partial charge is 0.405 e. The summed E-state index contributed by atoms with van der Waals surface area (Å²) in [5.74, 6) is -0.905. The zero-order valence-electron chi connectivity index (χ0n) is 9.31. The second-order valence-electron chi connectivity index (χ2n) is 3.32. The predicted molar refractivity (Wildman–Crippen MR) is 57.0 cm³/mol. The quantitative estimate of drug-likeness (QED) is 0.651. The van der Waals surface area contributed by atoms with Gasteiger partial charge in [0.1, 0.15) is 12.9 Å². The molecule has 0 aliphatic rings. The van der Waals surface area contributed by atoms with Crippen LogP contribution in [-0.2, 0) is 0 Å². The number of nitrogens with zero attached hydrogens (tertiary/aromatic N) is 4. The van der Waals surface area contributed by atoms with Gasteiger partial charge in [-0.15, -0.1) is 0 Å². The van der Waals surface area contributed by atoms with Gasteiger partial charge in [-0.05, 0) is 6.92 Å². The Kier molecular flexibility index (Phi) is 3.89. The van der Waals surface area contributed by atoms with E-state index in [1.165, 1.54) is 6.92 Å². The second-order valence-corrected chi connectivity index (χ2v) is 3.32. The fourth-order valence-electron chi connectivity index (χ4n) is 1.34. The van der Waals surface area contributed by atoms with E-state index >= 15 is 0 Å². The van der Waals surface area contributed by atoms with Crippen LogP contribution in [0.4, 0.5) is 30.5 Å². The molecule has 1 aromatic rings. The number of halogens is 3. The molecule has 100 valence electrons. The normalized spacial score (nSPS) is 11.3. The Labute approximate surface area is 99.6 Å². The van der Waals surface area contributed by atoms with E-state index in [4.69, 9.17) is 5.73 Å². The first-order valence-electron chi connectivity index (χ1n) is 4.82. The minimum absolute atomic E-state index is 0.100. The van der Waals surface area contributed by atoms with Crippen molar-refractivity contribution in [2.75, 3.05) is 23.7 Å². The Bertz CT molecular complexity index is 451. The fourth-order valence-corrected chi connectivity index (χ4v) is 1.34. The number of anilines is 2. The Hall–Kier alpha value is -2.13. The molecule has 1 aromatic heterocycles. The van der Waals surface area contributed by atoms with Gasteiger partial charge in [-0.25, -0.2) is 9.97 Å². The lowest BCUT2D eigenvalue weighted by molar-refractivity contribution is -0.383. The Balaban J connectivity index is 3.21. The molecular weight excluding hydrogens is 255 g/mol. The molecule has 0 saturated heterocycles. The summed E-state index contributed by atoms with van der Waals surface area (Å²) in [5, 5.41) is 10.8. The maximum Gasteiger partial charge on any atom is 0.405 e. The zero-order chi connectivity index (χ0) is 13.9. The minimum Gasteiger partial charge on any atom is -0.378 e. The number of alkyl halides is 3. The summed E-state index contributed by atoms with van der Waals surface area (Å²) in [6.07, 6.45) is -3.61. The van der Waals surface area contributed by atoms with Gasteiger partial charge in [-0.3, -0.25) is 10.1 Å². The predicted octanol–water partition coefficient (Wildman–Crippen LogP) is 1.36. The number of nitrogen functional groups attached to an aromatic ring is 1. The summed E-state index contributed by atoms with van der Waals surface area (Å²) in [5.41, 5.74) is 4.56. The number of nitro groups is 1. The lowest BCUT2D eigenvalue weighted by atomic mass is 10.3. The molecule has 2 N–H and O–H groups in total. The third kappa shape index (κ3) is 3.18. The van der Waals surface area contributed by atoms with E-state index in [1.807, 2.05) is 0 Å². The van der Waals surface area contributed by atoms with Crippen molar-refractivity contribution in [1.82, 2.24) is 9.97 Å². The standard InChI is InChI=1S/C8H10F3N5O2/c1-2-15(3-8(9,10)11)7-5(16(17)18)6(12)13-4-14-7/h4H,2-3H2,1H3,(H2,12,13,14). The molecular formula is C8H10F3N5O2. The van der Waals surface area contributed by atoms with Crippen LogP contribution in [0.25, 0.3) is 0 Å². The summed E-state index contributed by atoms with van der Waals surface area (Å²) in [4.78, 5) is 17.5. The van der Waals surface area contributed by atoms with Crippen LogP contribution in [-0.4, -0.2) is 34.2 Å². The van der Waals surface area contributed by atoms with Crippen molar-refractivity contribution in [3.8, 4) is 0 Å². The van der Waals surface area contributed by atoms with Gasteiger partial charge in [0.25, 0.3) is 0 Å². The van der Waals surface area contributed by atoms with Crippen LogP contribution in [0, 0.1) is 10.1 Å². The molecule has 0 spiro atoms. The number of nitrogens with two attached hydrogens (primary N) is 1. The third-order valence-corrected chi connectivity index (χ3v) is 2.07. The molecule has 0 amide bonds. The van der Waals surface area contributed by atoms with Gasteiger partial charge in [-0.2, -0.15) is 13.2 Å². The Morgan fingerprint density at radius 3 is 2.56 bits per heavy atom. The topological polar surface area (TPSA) is 98.2 Å². The third-order valence-electron chi connectivity index (χ3n) is 2.07. The smallest absolute Gasteiger partial charge is 0.378 e. The molecule has 0 radical (unpaired) electrons. The Morgan fingerprint density at radius 1 is 1.50 bits per heavy atom. The molecule has 1 rings (SSSR count). The first-order chi connectivity index (χ1) is 8.26. The highest BCUT2D eigenvalue weighted by Crippen LogP contribution is 2.31. The van der Waals surface area contributed by atoms with Gasteiger partial charge in [0, 0.05) is 6.54 Å². The molecule has 0 aliphatic carbocycles. The average Bonchev–Trinajstić information content (AvgIpc) is 2.23. The van der Waals surface area contributed by atoms with Crippen molar-refractivity contribution < 1.29 is 18.1 Å². The monoisotopic (exact) mass is 265 g/mol. The van der Waals surface area contributed by atoms with Crippen LogP contribution < -0.4 is 10.6 Å². The molecule has 0 saturated carbocycles. The molecule has 0 unspecified atom stereocenters. The molecule has 18 heavy (non-hydrogen) atoms. The van der Waals surface area contributed by atoms with Crippen LogP contribution in [0.2, 0.25) is 0 Å². The summed E-state index contributed by atoms with van der Waals surface area (Å²) in [7, 11) is 0. The average molecular weight is 265 g/mol. The maximum atomic E-state index is 12.3. The first-order valence-corrected chi connectivity index (χ1v) is 4.82. The molecule has 0 aromatic carbocycles. The number of rotatable bonds is 4. The van der Waals surface area contributed by atoms with E-state index in [-0.39, 0.29) is 6.54 Å². The molecule has 7 nitrogen and oxygen atoms in total.